The molecule has 1 amide bonds. The number of nitrogens with zero attached hydrogens (tertiary/aromatic N) is 1. The highest BCUT2D eigenvalue weighted by molar-refractivity contribution is 5.88. The second-order valence-corrected chi connectivity index (χ2v) is 3.48. The van der Waals surface area contributed by atoms with Gasteiger partial charge >= 0.3 is 5.97 Å². The third kappa shape index (κ3) is 1.86. The first-order valence-electron chi connectivity index (χ1n) is 4.76. The van der Waals surface area contributed by atoms with E-state index in [2.05, 4.69) is 0 Å². The third-order valence-corrected chi connectivity index (χ3v) is 2.48. The number of hydrogen-bond acceptors (Lipinski definition) is 3. The van der Waals surface area contributed by atoms with Crippen LogP contribution < -0.4 is 0 Å². The molecular formula is C10H11NO4. The van der Waals surface area contributed by atoms with Crippen LogP contribution in [0.25, 0.3) is 0 Å². The van der Waals surface area contributed by atoms with Crippen molar-refractivity contribution in [2.75, 3.05) is 6.54 Å². The predicted molar refractivity (Wildman–Crippen MR) is 50.3 cm³/mol. The van der Waals surface area contributed by atoms with Crippen LogP contribution in [0.1, 0.15) is 29.0 Å². The maximum atomic E-state index is 11.3. The van der Waals surface area contributed by atoms with Crippen LogP contribution >= 0.6 is 0 Å². The molecule has 1 N–H and O–H groups in total. The van der Waals surface area contributed by atoms with E-state index < -0.39 is 5.97 Å². The smallest absolute Gasteiger partial charge is 0.339 e. The molecule has 1 aliphatic rings. The lowest BCUT2D eigenvalue weighted by molar-refractivity contribution is -0.128. The number of likely N-dealkylation sites (tertiary alicyclic amines) is 1. The van der Waals surface area contributed by atoms with Gasteiger partial charge in [0.15, 0.2) is 0 Å². The minimum absolute atomic E-state index is 0.0581. The van der Waals surface area contributed by atoms with E-state index >= 15 is 0 Å². The molecule has 0 saturated carbocycles. The molecule has 2 heterocycles. The Bertz CT molecular complexity index is 396. The molecule has 5 nitrogen and oxygen atoms in total. The second kappa shape index (κ2) is 3.76. The van der Waals surface area contributed by atoms with Gasteiger partial charge in [-0.3, -0.25) is 4.79 Å². The lowest BCUT2D eigenvalue weighted by Gasteiger charge is -2.13. The summed E-state index contributed by atoms with van der Waals surface area (Å²) in [6.45, 7) is 0.937. The molecule has 0 atom stereocenters. The van der Waals surface area contributed by atoms with Crippen molar-refractivity contribution in [2.24, 2.45) is 0 Å². The second-order valence-electron chi connectivity index (χ2n) is 3.48. The van der Waals surface area contributed by atoms with Crippen LogP contribution in [-0.4, -0.2) is 28.4 Å². The largest absolute Gasteiger partial charge is 0.478 e. The van der Waals surface area contributed by atoms with Gasteiger partial charge in [0, 0.05) is 13.0 Å². The van der Waals surface area contributed by atoms with Crippen LogP contribution in [0.3, 0.4) is 0 Å². The van der Waals surface area contributed by atoms with Gasteiger partial charge in [0.2, 0.25) is 5.91 Å². The number of carbonyl (C=O) groups is 2. The molecule has 80 valence electrons. The van der Waals surface area contributed by atoms with Crippen molar-refractivity contribution in [3.63, 3.8) is 0 Å². The maximum absolute atomic E-state index is 11.3. The van der Waals surface area contributed by atoms with E-state index in [1.54, 1.807) is 4.90 Å². The molecule has 0 spiro atoms. The lowest BCUT2D eigenvalue weighted by atomic mass is 10.2. The summed E-state index contributed by atoms with van der Waals surface area (Å²) in [7, 11) is 0. The molecule has 0 aliphatic carbocycles. The molecule has 0 aromatic carbocycles. The Morgan fingerprint density at radius 3 is 3.00 bits per heavy atom. The van der Waals surface area contributed by atoms with E-state index in [-0.39, 0.29) is 18.0 Å². The van der Waals surface area contributed by atoms with Crippen LogP contribution in [-0.2, 0) is 11.3 Å². The van der Waals surface area contributed by atoms with Gasteiger partial charge in [0.05, 0.1) is 12.8 Å². The Balaban J connectivity index is 2.13. The highest BCUT2D eigenvalue weighted by Gasteiger charge is 2.23. The zero-order chi connectivity index (χ0) is 10.8. The Morgan fingerprint density at radius 1 is 1.60 bits per heavy atom. The average Bonchev–Trinajstić information content (AvgIpc) is 2.77. The van der Waals surface area contributed by atoms with E-state index in [4.69, 9.17) is 9.52 Å². The van der Waals surface area contributed by atoms with Gasteiger partial charge in [-0.2, -0.15) is 0 Å². The Kier molecular flexibility index (Phi) is 2.45. The van der Waals surface area contributed by atoms with Crippen molar-refractivity contribution < 1.29 is 19.1 Å². The van der Waals surface area contributed by atoms with Crippen LogP contribution in [0.4, 0.5) is 0 Å². The Hall–Kier alpha value is -1.78. The molecule has 0 unspecified atom stereocenters. The Morgan fingerprint density at radius 2 is 2.40 bits per heavy atom. The van der Waals surface area contributed by atoms with Gasteiger partial charge in [-0.15, -0.1) is 0 Å². The SMILES string of the molecule is O=C(O)c1ccoc1CN1CCCC1=O. The maximum Gasteiger partial charge on any atom is 0.339 e. The number of hydrogen-bond donors (Lipinski definition) is 1. The minimum atomic E-state index is -1.02. The van der Waals surface area contributed by atoms with Gasteiger partial charge in [0.1, 0.15) is 11.3 Å². The van der Waals surface area contributed by atoms with Gasteiger partial charge in [-0.25, -0.2) is 4.79 Å². The summed E-state index contributed by atoms with van der Waals surface area (Å²) < 4.78 is 5.06. The number of carboxylic acid groups (broad SMARTS) is 1. The number of carbonyl (C=O) groups excluding carboxylic acids is 1. The summed E-state index contributed by atoms with van der Waals surface area (Å²) in [5, 5.41) is 8.83. The topological polar surface area (TPSA) is 70.8 Å². The minimum Gasteiger partial charge on any atom is -0.478 e. The predicted octanol–water partition coefficient (Wildman–Crippen LogP) is 1.10. The molecule has 2 rings (SSSR count). The molecule has 1 aromatic rings. The first-order valence-corrected chi connectivity index (χ1v) is 4.76. The highest BCUT2D eigenvalue weighted by Crippen LogP contribution is 2.17. The number of furan rings is 1. The van der Waals surface area contributed by atoms with Crippen molar-refractivity contribution in [3.05, 3.63) is 23.7 Å². The molecule has 0 bridgehead atoms. The summed E-state index contributed by atoms with van der Waals surface area (Å²) in [6, 6.07) is 1.40. The van der Waals surface area contributed by atoms with Crippen molar-refractivity contribution in [1.29, 1.82) is 0 Å². The van der Waals surface area contributed by atoms with Gasteiger partial charge in [-0.1, -0.05) is 0 Å². The summed E-state index contributed by atoms with van der Waals surface area (Å²) in [5.41, 5.74) is 0.134. The monoisotopic (exact) mass is 209 g/mol. The van der Waals surface area contributed by atoms with Crippen molar-refractivity contribution in [1.82, 2.24) is 4.90 Å². The molecule has 1 aromatic heterocycles. The van der Waals surface area contributed by atoms with E-state index in [1.807, 2.05) is 0 Å². The zero-order valence-electron chi connectivity index (χ0n) is 8.10. The zero-order valence-corrected chi connectivity index (χ0v) is 8.10. The summed E-state index contributed by atoms with van der Waals surface area (Å²) >= 11 is 0. The summed E-state index contributed by atoms with van der Waals surface area (Å²) in [4.78, 5) is 23.7. The van der Waals surface area contributed by atoms with Gasteiger partial charge < -0.3 is 14.4 Å². The molecule has 1 saturated heterocycles. The van der Waals surface area contributed by atoms with E-state index in [9.17, 15) is 9.59 Å². The van der Waals surface area contributed by atoms with E-state index in [1.165, 1.54) is 12.3 Å². The van der Waals surface area contributed by atoms with E-state index in [0.717, 1.165) is 6.42 Å². The van der Waals surface area contributed by atoms with Gasteiger partial charge in [-0.05, 0) is 12.5 Å². The first kappa shape index (κ1) is 9.76. The number of carboxylic acids is 1. The fraction of sp³-hybridized carbons (Fsp3) is 0.400. The van der Waals surface area contributed by atoms with Crippen molar-refractivity contribution in [2.45, 2.75) is 19.4 Å². The van der Waals surface area contributed by atoms with Crippen molar-refractivity contribution >= 4 is 11.9 Å². The normalized spacial score (nSPS) is 16.0. The Labute approximate surface area is 86.3 Å². The molecule has 1 aliphatic heterocycles. The summed E-state index contributed by atoms with van der Waals surface area (Å²) in [5.74, 6) is -0.620. The molecule has 5 heteroatoms. The lowest BCUT2D eigenvalue weighted by Crippen LogP contribution is -2.24. The van der Waals surface area contributed by atoms with Crippen LogP contribution in [0, 0.1) is 0 Å². The van der Waals surface area contributed by atoms with E-state index in [0.29, 0.717) is 18.7 Å². The van der Waals surface area contributed by atoms with Crippen LogP contribution in [0.5, 0.6) is 0 Å². The number of aromatic carboxylic acids is 1. The fourth-order valence-corrected chi connectivity index (χ4v) is 1.70. The van der Waals surface area contributed by atoms with Crippen LogP contribution in [0.15, 0.2) is 16.7 Å². The fourth-order valence-electron chi connectivity index (χ4n) is 1.70. The van der Waals surface area contributed by atoms with Crippen molar-refractivity contribution in [3.8, 4) is 0 Å². The number of rotatable bonds is 3. The number of amides is 1. The molecular weight excluding hydrogens is 198 g/mol. The van der Waals surface area contributed by atoms with Gasteiger partial charge in [0.25, 0.3) is 0 Å². The molecule has 1 fully saturated rings. The first-order chi connectivity index (χ1) is 7.18. The molecule has 15 heavy (non-hydrogen) atoms. The van der Waals surface area contributed by atoms with Crippen LogP contribution in [0.2, 0.25) is 0 Å². The summed E-state index contributed by atoms with van der Waals surface area (Å²) in [6.07, 6.45) is 2.71. The average molecular weight is 209 g/mol. The standard InChI is InChI=1S/C10H11NO4/c12-9-2-1-4-11(9)6-8-7(10(13)14)3-5-15-8/h3,5H,1-2,4,6H2,(H,13,14). The highest BCUT2D eigenvalue weighted by atomic mass is 16.4. The quantitative estimate of drug-likeness (QED) is 0.809. The third-order valence-electron chi connectivity index (χ3n) is 2.48. The molecule has 0 radical (unpaired) electrons.